The molecule has 1 amide bonds. The zero-order valence-corrected chi connectivity index (χ0v) is 19.3. The molecular weight excluding hydrogens is 423 g/mol. The number of hydrogen-bond donors (Lipinski definition) is 0. The number of halogens is 2. The van der Waals surface area contributed by atoms with Crippen LogP contribution >= 0.6 is 23.2 Å². The van der Waals surface area contributed by atoms with Crippen LogP contribution in [0.3, 0.4) is 0 Å². The predicted octanol–water partition coefficient (Wildman–Crippen LogP) is 4.63. The van der Waals surface area contributed by atoms with E-state index in [1.807, 2.05) is 24.1 Å². The van der Waals surface area contributed by atoms with Gasteiger partial charge in [0.1, 0.15) is 5.75 Å². The van der Waals surface area contributed by atoms with Crippen molar-refractivity contribution in [2.75, 3.05) is 39.9 Å². The molecule has 30 heavy (non-hydrogen) atoms. The molecule has 7 heteroatoms. The average Bonchev–Trinajstić information content (AvgIpc) is 3.23. The van der Waals surface area contributed by atoms with Crippen LogP contribution in [0.5, 0.6) is 5.75 Å². The average molecular weight is 455 g/mol. The van der Waals surface area contributed by atoms with Gasteiger partial charge < -0.3 is 14.4 Å². The van der Waals surface area contributed by atoms with Crippen molar-refractivity contribution in [1.82, 2.24) is 9.80 Å². The zero-order chi connectivity index (χ0) is 21.1. The molecule has 2 saturated heterocycles. The maximum absolute atomic E-state index is 12.6. The highest BCUT2D eigenvalue weighted by molar-refractivity contribution is 6.34. The Morgan fingerprint density at radius 3 is 2.57 bits per heavy atom. The molecule has 0 radical (unpaired) electrons. The maximum Gasteiger partial charge on any atom is 0.225 e. The fraction of sp³-hybridized carbons (Fsp3) is 0.696. The Morgan fingerprint density at radius 1 is 1.17 bits per heavy atom. The molecular formula is C23H32Cl2N2O3. The standard InChI is InChI=1S/C23H32Cl2N2O3/c1-26(23(28)17-4-8-29-9-5-17)14-16-10-19(11-16)30-22-13-20(24)18(12-21(22)25)15-27-6-2-3-7-27/h12-13,16-17,19H,2-11,14-15H2,1H3. The molecule has 4 rings (SSSR count). The minimum absolute atomic E-state index is 0.121. The van der Waals surface area contributed by atoms with Gasteiger partial charge in [0.2, 0.25) is 5.91 Å². The van der Waals surface area contributed by atoms with Crippen molar-refractivity contribution in [3.05, 3.63) is 27.7 Å². The number of rotatable bonds is 7. The van der Waals surface area contributed by atoms with Crippen LogP contribution in [-0.2, 0) is 16.1 Å². The SMILES string of the molecule is CN(CC1CC(Oc2cc(Cl)c(CN3CCCC3)cc2Cl)C1)C(=O)C1CCOCC1. The Kier molecular flexibility index (Phi) is 7.45. The van der Waals surface area contributed by atoms with E-state index in [9.17, 15) is 4.79 Å². The summed E-state index contributed by atoms with van der Waals surface area (Å²) in [5.74, 6) is 1.52. The lowest BCUT2D eigenvalue weighted by Gasteiger charge is -2.38. The van der Waals surface area contributed by atoms with Crippen LogP contribution < -0.4 is 4.74 Å². The van der Waals surface area contributed by atoms with Crippen molar-refractivity contribution in [3.63, 3.8) is 0 Å². The number of nitrogens with zero attached hydrogens (tertiary/aromatic N) is 2. The van der Waals surface area contributed by atoms with E-state index >= 15 is 0 Å². The van der Waals surface area contributed by atoms with Gasteiger partial charge in [-0.15, -0.1) is 0 Å². The molecule has 1 aromatic carbocycles. The van der Waals surface area contributed by atoms with E-state index in [4.69, 9.17) is 32.7 Å². The molecule has 0 unspecified atom stereocenters. The Hall–Kier alpha value is -1.01. The molecule has 2 aliphatic heterocycles. The van der Waals surface area contributed by atoms with Crippen LogP contribution in [0.15, 0.2) is 12.1 Å². The summed E-state index contributed by atoms with van der Waals surface area (Å²) >= 11 is 13.0. The molecule has 0 N–H and O–H groups in total. The number of ether oxygens (including phenoxy) is 2. The van der Waals surface area contributed by atoms with E-state index in [1.165, 1.54) is 12.8 Å². The van der Waals surface area contributed by atoms with Crippen molar-refractivity contribution in [1.29, 1.82) is 0 Å². The molecule has 0 atom stereocenters. The first-order valence-corrected chi connectivity index (χ1v) is 11.9. The Bertz CT molecular complexity index is 742. The molecule has 1 saturated carbocycles. The maximum atomic E-state index is 12.6. The Labute approximate surface area is 189 Å². The molecule has 1 aliphatic carbocycles. The van der Waals surface area contributed by atoms with Gasteiger partial charge in [0.05, 0.1) is 11.1 Å². The highest BCUT2D eigenvalue weighted by Gasteiger charge is 2.34. The third-order valence-electron chi connectivity index (χ3n) is 6.66. The molecule has 0 spiro atoms. The smallest absolute Gasteiger partial charge is 0.225 e. The normalized spacial score (nSPS) is 25.2. The van der Waals surface area contributed by atoms with Gasteiger partial charge in [0.15, 0.2) is 0 Å². The topological polar surface area (TPSA) is 42.0 Å². The molecule has 166 valence electrons. The predicted molar refractivity (Wildman–Crippen MR) is 119 cm³/mol. The van der Waals surface area contributed by atoms with Crippen LogP contribution in [0.2, 0.25) is 10.0 Å². The number of hydrogen-bond acceptors (Lipinski definition) is 4. The second-order valence-electron chi connectivity index (χ2n) is 9.04. The summed E-state index contributed by atoms with van der Waals surface area (Å²) in [5, 5.41) is 1.35. The Morgan fingerprint density at radius 2 is 1.87 bits per heavy atom. The molecule has 0 aromatic heterocycles. The summed E-state index contributed by atoms with van der Waals surface area (Å²) in [4.78, 5) is 16.9. The molecule has 1 aromatic rings. The lowest BCUT2D eigenvalue weighted by Crippen LogP contribution is -2.44. The number of likely N-dealkylation sites (tertiary alicyclic amines) is 1. The Balaban J connectivity index is 1.24. The van der Waals surface area contributed by atoms with E-state index in [2.05, 4.69) is 4.90 Å². The molecule has 3 aliphatic rings. The third-order valence-corrected chi connectivity index (χ3v) is 7.31. The van der Waals surface area contributed by atoms with E-state index in [0.717, 1.165) is 62.4 Å². The molecule has 5 nitrogen and oxygen atoms in total. The van der Waals surface area contributed by atoms with Crippen LogP contribution in [0, 0.1) is 11.8 Å². The number of benzene rings is 1. The number of carbonyl (C=O) groups is 1. The lowest BCUT2D eigenvalue weighted by molar-refractivity contribution is -0.138. The van der Waals surface area contributed by atoms with Crippen molar-refractivity contribution in [2.45, 2.75) is 51.2 Å². The fourth-order valence-electron chi connectivity index (χ4n) is 4.80. The van der Waals surface area contributed by atoms with E-state index in [-0.39, 0.29) is 17.9 Å². The van der Waals surface area contributed by atoms with Gasteiger partial charge in [0.25, 0.3) is 0 Å². The molecule has 0 bridgehead atoms. The van der Waals surface area contributed by atoms with Crippen LogP contribution in [0.25, 0.3) is 0 Å². The number of carbonyl (C=O) groups excluding carboxylic acids is 1. The summed E-state index contributed by atoms with van der Waals surface area (Å²) in [6, 6.07) is 3.82. The minimum Gasteiger partial charge on any atom is -0.489 e. The van der Waals surface area contributed by atoms with E-state index in [0.29, 0.717) is 29.9 Å². The highest BCUT2D eigenvalue weighted by Crippen LogP contribution is 2.37. The van der Waals surface area contributed by atoms with Gasteiger partial charge in [-0.1, -0.05) is 23.2 Å². The van der Waals surface area contributed by atoms with E-state index < -0.39 is 0 Å². The van der Waals surface area contributed by atoms with Gasteiger partial charge in [-0.05, 0) is 69.2 Å². The van der Waals surface area contributed by atoms with Crippen LogP contribution in [0.4, 0.5) is 0 Å². The van der Waals surface area contributed by atoms with Gasteiger partial charge in [0, 0.05) is 50.4 Å². The summed E-state index contributed by atoms with van der Waals surface area (Å²) < 4.78 is 11.5. The fourth-order valence-corrected chi connectivity index (χ4v) is 5.24. The van der Waals surface area contributed by atoms with Crippen LogP contribution in [0.1, 0.15) is 44.1 Å². The summed E-state index contributed by atoms with van der Waals surface area (Å²) in [5.41, 5.74) is 1.07. The highest BCUT2D eigenvalue weighted by atomic mass is 35.5. The molecule has 2 heterocycles. The van der Waals surface area contributed by atoms with Crippen molar-refractivity contribution in [2.24, 2.45) is 11.8 Å². The summed E-state index contributed by atoms with van der Waals surface area (Å²) in [6.45, 7) is 5.28. The monoisotopic (exact) mass is 454 g/mol. The van der Waals surface area contributed by atoms with Crippen molar-refractivity contribution >= 4 is 29.1 Å². The minimum atomic E-state index is 0.121. The lowest BCUT2D eigenvalue weighted by atomic mass is 9.81. The van der Waals surface area contributed by atoms with Crippen molar-refractivity contribution < 1.29 is 14.3 Å². The second-order valence-corrected chi connectivity index (χ2v) is 9.85. The van der Waals surface area contributed by atoms with Gasteiger partial charge >= 0.3 is 0 Å². The first kappa shape index (κ1) is 22.2. The summed E-state index contributed by atoms with van der Waals surface area (Å²) in [6.07, 6.45) is 6.21. The first-order chi connectivity index (χ1) is 14.5. The molecule has 3 fully saturated rings. The largest absolute Gasteiger partial charge is 0.489 e. The van der Waals surface area contributed by atoms with E-state index in [1.54, 1.807) is 0 Å². The van der Waals surface area contributed by atoms with Crippen LogP contribution in [-0.4, -0.2) is 61.7 Å². The third kappa shape index (κ3) is 5.42. The zero-order valence-electron chi connectivity index (χ0n) is 17.7. The van der Waals surface area contributed by atoms with Gasteiger partial charge in [-0.3, -0.25) is 9.69 Å². The van der Waals surface area contributed by atoms with Gasteiger partial charge in [-0.2, -0.15) is 0 Å². The van der Waals surface area contributed by atoms with Gasteiger partial charge in [-0.25, -0.2) is 0 Å². The summed E-state index contributed by atoms with van der Waals surface area (Å²) in [7, 11) is 1.92. The quantitative estimate of drug-likeness (QED) is 0.601. The van der Waals surface area contributed by atoms with Crippen molar-refractivity contribution in [3.8, 4) is 5.75 Å². The first-order valence-electron chi connectivity index (χ1n) is 11.2. The number of amides is 1. The second kappa shape index (κ2) is 10.1.